The van der Waals surface area contributed by atoms with Gasteiger partial charge in [-0.05, 0) is 25.7 Å². The van der Waals surface area contributed by atoms with Crippen molar-refractivity contribution >= 4 is 5.97 Å². The predicted octanol–water partition coefficient (Wildman–Crippen LogP) is 1.77. The van der Waals surface area contributed by atoms with Crippen LogP contribution in [0, 0.1) is 0 Å². The number of carbonyl (C=O) groups is 1. The second-order valence-electron chi connectivity index (χ2n) is 5.08. The molecule has 1 aliphatic rings. The number of hydrogen-bond donors (Lipinski definition) is 2. The highest BCUT2D eigenvalue weighted by Crippen LogP contribution is 2.10. The molecule has 19 heavy (non-hydrogen) atoms. The highest BCUT2D eigenvalue weighted by atomic mass is 16.6. The third-order valence-electron chi connectivity index (χ3n) is 3.29. The van der Waals surface area contributed by atoms with Crippen molar-refractivity contribution in [3.63, 3.8) is 0 Å². The Morgan fingerprint density at radius 2 is 1.95 bits per heavy atom. The maximum absolute atomic E-state index is 11.7. The van der Waals surface area contributed by atoms with Gasteiger partial charge in [0.2, 0.25) is 0 Å². The first-order valence-corrected chi connectivity index (χ1v) is 7.55. The minimum absolute atomic E-state index is 0.112. The number of hydroxylamine groups is 1. The summed E-state index contributed by atoms with van der Waals surface area (Å²) >= 11 is 0. The van der Waals surface area contributed by atoms with Crippen LogP contribution in [0.3, 0.4) is 0 Å². The fourth-order valence-electron chi connectivity index (χ4n) is 1.97. The van der Waals surface area contributed by atoms with E-state index in [-0.39, 0.29) is 18.1 Å². The molecule has 1 saturated heterocycles. The predicted molar refractivity (Wildman–Crippen MR) is 74.7 cm³/mol. The van der Waals surface area contributed by atoms with Crippen molar-refractivity contribution < 1.29 is 14.4 Å². The van der Waals surface area contributed by atoms with E-state index >= 15 is 0 Å². The zero-order valence-electron chi connectivity index (χ0n) is 12.2. The minimum atomic E-state index is -0.148. The molecule has 0 saturated carbocycles. The van der Waals surface area contributed by atoms with E-state index in [9.17, 15) is 4.79 Å². The molecule has 0 aromatic rings. The molecule has 5 heteroatoms. The van der Waals surface area contributed by atoms with E-state index < -0.39 is 0 Å². The van der Waals surface area contributed by atoms with Gasteiger partial charge >= 0.3 is 5.97 Å². The zero-order chi connectivity index (χ0) is 13.9. The van der Waals surface area contributed by atoms with Gasteiger partial charge in [0.15, 0.2) is 0 Å². The van der Waals surface area contributed by atoms with Gasteiger partial charge in [-0.1, -0.05) is 26.7 Å². The molecule has 0 aromatic carbocycles. The lowest BCUT2D eigenvalue weighted by atomic mass is 10.0. The monoisotopic (exact) mass is 272 g/mol. The van der Waals surface area contributed by atoms with Gasteiger partial charge in [-0.3, -0.25) is 4.79 Å². The molecule has 0 aliphatic carbocycles. The number of piperidine rings is 1. The maximum Gasteiger partial charge on any atom is 0.323 e. The van der Waals surface area contributed by atoms with E-state index in [1.807, 2.05) is 0 Å². The van der Waals surface area contributed by atoms with E-state index in [1.165, 1.54) is 0 Å². The number of ether oxygens (including phenoxy) is 1. The van der Waals surface area contributed by atoms with Crippen LogP contribution < -0.4 is 10.8 Å². The van der Waals surface area contributed by atoms with E-state index in [4.69, 9.17) is 9.57 Å². The molecule has 1 unspecified atom stereocenters. The Kier molecular flexibility index (Phi) is 8.79. The van der Waals surface area contributed by atoms with Gasteiger partial charge in [-0.15, -0.1) is 0 Å². The van der Waals surface area contributed by atoms with E-state index in [1.54, 1.807) is 0 Å². The van der Waals surface area contributed by atoms with Crippen LogP contribution in [0.4, 0.5) is 0 Å². The van der Waals surface area contributed by atoms with E-state index in [0.29, 0.717) is 6.61 Å². The minimum Gasteiger partial charge on any atom is -0.465 e. The topological polar surface area (TPSA) is 59.6 Å². The van der Waals surface area contributed by atoms with Crippen molar-refractivity contribution in [2.24, 2.45) is 0 Å². The summed E-state index contributed by atoms with van der Waals surface area (Å²) < 4.78 is 5.22. The summed E-state index contributed by atoms with van der Waals surface area (Å²) in [5.41, 5.74) is 3.05. The quantitative estimate of drug-likeness (QED) is 0.380. The van der Waals surface area contributed by atoms with Gasteiger partial charge in [0.05, 0.1) is 13.2 Å². The van der Waals surface area contributed by atoms with Gasteiger partial charge in [0.1, 0.15) is 6.04 Å². The van der Waals surface area contributed by atoms with E-state index in [2.05, 4.69) is 24.6 Å². The van der Waals surface area contributed by atoms with Crippen LogP contribution in [-0.2, 0) is 14.4 Å². The number of nitrogens with one attached hydrogen (secondary N) is 2. The second kappa shape index (κ2) is 10.2. The molecule has 0 bridgehead atoms. The molecule has 2 atom stereocenters. The summed E-state index contributed by atoms with van der Waals surface area (Å²) in [6, 6.07) is 0.141. The lowest BCUT2D eigenvalue weighted by Gasteiger charge is -2.28. The fourth-order valence-corrected chi connectivity index (χ4v) is 1.97. The molecule has 0 spiro atoms. The molecule has 0 radical (unpaired) electrons. The third-order valence-corrected chi connectivity index (χ3v) is 3.29. The average molecular weight is 272 g/mol. The van der Waals surface area contributed by atoms with Crippen LogP contribution in [0.2, 0.25) is 0 Å². The van der Waals surface area contributed by atoms with Crippen LogP contribution in [0.15, 0.2) is 0 Å². The summed E-state index contributed by atoms with van der Waals surface area (Å²) in [6.07, 6.45) is 5.93. The first-order chi connectivity index (χ1) is 9.27. The van der Waals surface area contributed by atoms with Crippen molar-refractivity contribution in [3.8, 4) is 0 Å². The largest absolute Gasteiger partial charge is 0.465 e. The zero-order valence-corrected chi connectivity index (χ0v) is 12.2. The highest BCUT2D eigenvalue weighted by Gasteiger charge is 2.26. The molecule has 1 aliphatic heterocycles. The normalized spacial score (nSPS) is 23.3. The second-order valence-corrected chi connectivity index (χ2v) is 5.08. The average Bonchev–Trinajstić information content (AvgIpc) is 2.44. The molecule has 112 valence electrons. The first kappa shape index (κ1) is 16.4. The summed E-state index contributed by atoms with van der Waals surface area (Å²) in [5, 5.41) is 3.22. The van der Waals surface area contributed by atoms with Crippen LogP contribution >= 0.6 is 0 Å². The Balaban J connectivity index is 2.09. The molecule has 0 amide bonds. The Hall–Kier alpha value is -0.650. The van der Waals surface area contributed by atoms with Gasteiger partial charge in [0.25, 0.3) is 0 Å². The van der Waals surface area contributed by atoms with Gasteiger partial charge in [0, 0.05) is 12.6 Å². The smallest absolute Gasteiger partial charge is 0.323 e. The maximum atomic E-state index is 11.7. The Labute approximate surface area is 116 Å². The number of rotatable bonds is 9. The van der Waals surface area contributed by atoms with Crippen molar-refractivity contribution in [1.29, 1.82) is 0 Å². The molecule has 1 rings (SSSR count). The van der Waals surface area contributed by atoms with Gasteiger partial charge in [-0.25, -0.2) is 0 Å². The van der Waals surface area contributed by atoms with Crippen LogP contribution in [0.1, 0.15) is 52.4 Å². The number of carbonyl (C=O) groups excluding carboxylic acids is 1. The third kappa shape index (κ3) is 6.89. The van der Waals surface area contributed by atoms with Gasteiger partial charge in [-0.2, -0.15) is 5.48 Å². The fraction of sp³-hybridized carbons (Fsp3) is 0.929. The molecular formula is C14H28N2O3. The van der Waals surface area contributed by atoms with Crippen molar-refractivity contribution in [3.05, 3.63) is 0 Å². The lowest BCUT2D eigenvalue weighted by Crippen LogP contribution is -2.51. The summed E-state index contributed by atoms with van der Waals surface area (Å²) in [5.74, 6) is -0.112. The molecule has 1 heterocycles. The SMILES string of the molecule is CCCCON[C@@H]1CCC(C(=O)OCCCC)NC1. The Morgan fingerprint density at radius 1 is 1.21 bits per heavy atom. The van der Waals surface area contributed by atoms with E-state index in [0.717, 1.165) is 51.7 Å². The molecule has 5 nitrogen and oxygen atoms in total. The number of unbranched alkanes of at least 4 members (excludes halogenated alkanes) is 2. The lowest BCUT2D eigenvalue weighted by molar-refractivity contribution is -0.147. The van der Waals surface area contributed by atoms with Crippen molar-refractivity contribution in [1.82, 2.24) is 10.8 Å². The molecule has 2 N–H and O–H groups in total. The molecule has 0 aromatic heterocycles. The first-order valence-electron chi connectivity index (χ1n) is 7.55. The summed E-state index contributed by atoms with van der Waals surface area (Å²) in [7, 11) is 0. The summed E-state index contributed by atoms with van der Waals surface area (Å²) in [4.78, 5) is 17.1. The van der Waals surface area contributed by atoms with Crippen LogP contribution in [-0.4, -0.2) is 37.8 Å². The Morgan fingerprint density at radius 3 is 2.58 bits per heavy atom. The number of esters is 1. The Bertz CT molecular complexity index is 241. The highest BCUT2D eigenvalue weighted by molar-refractivity contribution is 5.75. The molecule has 1 fully saturated rings. The standard InChI is InChI=1S/C14H28N2O3/c1-3-5-9-18-14(17)13-8-7-12(11-15-13)16-19-10-6-4-2/h12-13,15-16H,3-11H2,1-2H3/t12-,13?/m1/s1. The van der Waals surface area contributed by atoms with Gasteiger partial charge < -0.3 is 14.9 Å². The van der Waals surface area contributed by atoms with Crippen LogP contribution in [0.5, 0.6) is 0 Å². The molecular weight excluding hydrogens is 244 g/mol. The summed E-state index contributed by atoms with van der Waals surface area (Å²) in [6.45, 7) is 6.26. The van der Waals surface area contributed by atoms with Crippen LogP contribution in [0.25, 0.3) is 0 Å². The van der Waals surface area contributed by atoms with Crippen molar-refractivity contribution in [2.75, 3.05) is 19.8 Å². The number of hydrogen-bond acceptors (Lipinski definition) is 5. The van der Waals surface area contributed by atoms with Crippen molar-refractivity contribution in [2.45, 2.75) is 64.5 Å².